The van der Waals surface area contributed by atoms with Crippen LogP contribution in [0.4, 0.5) is 11.4 Å². The smallest absolute Gasteiger partial charge is 0.234 e. The predicted octanol–water partition coefficient (Wildman–Crippen LogP) is 3.39. The van der Waals surface area contributed by atoms with E-state index in [0.717, 1.165) is 0 Å². The number of amides is 1. The first-order chi connectivity index (χ1) is 7.78. The van der Waals surface area contributed by atoms with Crippen LogP contribution in [0.3, 0.4) is 0 Å². The van der Waals surface area contributed by atoms with Gasteiger partial charge in [-0.2, -0.15) is 0 Å². The maximum absolute atomic E-state index is 11.6. The van der Waals surface area contributed by atoms with Gasteiger partial charge in [-0.3, -0.25) is 4.79 Å². The van der Waals surface area contributed by atoms with Crippen molar-refractivity contribution in [1.82, 2.24) is 0 Å². The van der Waals surface area contributed by atoms with Crippen molar-refractivity contribution in [2.45, 2.75) is 25.5 Å². The molecule has 1 amide bonds. The minimum Gasteiger partial charge on any atom is -0.397 e. The van der Waals surface area contributed by atoms with Crippen LogP contribution >= 0.6 is 23.4 Å². The number of benzene rings is 1. The Kier molecular flexibility index (Phi) is 4.71. The largest absolute Gasteiger partial charge is 0.397 e. The van der Waals surface area contributed by atoms with E-state index in [9.17, 15) is 4.79 Å². The minimum absolute atomic E-state index is 0.0355. The Hall–Kier alpha value is -0.870. The van der Waals surface area contributed by atoms with Gasteiger partial charge >= 0.3 is 0 Å². The van der Waals surface area contributed by atoms with Crippen molar-refractivity contribution in [1.29, 1.82) is 0 Å². The zero-order chi connectivity index (χ0) is 13.1. The first-order valence-corrected chi connectivity index (χ1v) is 6.63. The van der Waals surface area contributed by atoms with Gasteiger partial charge in [0, 0.05) is 10.4 Å². The maximum atomic E-state index is 11.6. The highest BCUT2D eigenvalue weighted by molar-refractivity contribution is 8.01. The van der Waals surface area contributed by atoms with Crippen LogP contribution in [0.1, 0.15) is 20.8 Å². The lowest BCUT2D eigenvalue weighted by molar-refractivity contribution is -0.113. The summed E-state index contributed by atoms with van der Waals surface area (Å²) in [5.74, 6) is 0.387. The number of carbonyl (C=O) groups excluding carboxylic acids is 1. The molecule has 0 aliphatic carbocycles. The van der Waals surface area contributed by atoms with Gasteiger partial charge in [0.15, 0.2) is 0 Å². The number of nitrogen functional groups attached to an aromatic ring is 1. The number of anilines is 2. The first kappa shape index (κ1) is 14.2. The molecule has 0 spiro atoms. The van der Waals surface area contributed by atoms with E-state index in [0.29, 0.717) is 22.2 Å². The summed E-state index contributed by atoms with van der Waals surface area (Å²) in [6.07, 6.45) is 0. The van der Waals surface area contributed by atoms with Crippen LogP contribution < -0.4 is 11.1 Å². The molecule has 17 heavy (non-hydrogen) atoms. The highest BCUT2D eigenvalue weighted by atomic mass is 35.5. The van der Waals surface area contributed by atoms with E-state index in [1.54, 1.807) is 30.0 Å². The molecule has 0 heterocycles. The molecule has 0 aliphatic heterocycles. The predicted molar refractivity (Wildman–Crippen MR) is 76.7 cm³/mol. The number of thioether (sulfide) groups is 1. The Morgan fingerprint density at radius 1 is 1.47 bits per heavy atom. The molecular formula is C12H17ClN2OS. The Labute approximate surface area is 111 Å². The van der Waals surface area contributed by atoms with E-state index >= 15 is 0 Å². The molecule has 94 valence electrons. The highest BCUT2D eigenvalue weighted by Crippen LogP contribution is 2.24. The van der Waals surface area contributed by atoms with Crippen LogP contribution in [0.15, 0.2) is 18.2 Å². The third-order valence-corrected chi connectivity index (χ3v) is 3.53. The van der Waals surface area contributed by atoms with Crippen LogP contribution in [0.25, 0.3) is 0 Å². The van der Waals surface area contributed by atoms with E-state index in [1.807, 2.05) is 0 Å². The van der Waals surface area contributed by atoms with Gasteiger partial charge < -0.3 is 11.1 Å². The Bertz CT molecular complexity index is 415. The Balaban J connectivity index is 2.54. The molecule has 3 N–H and O–H groups in total. The lowest BCUT2D eigenvalue weighted by Crippen LogP contribution is -2.18. The fourth-order valence-corrected chi connectivity index (χ4v) is 1.85. The maximum Gasteiger partial charge on any atom is 0.234 e. The molecule has 1 rings (SSSR count). The molecule has 1 aromatic carbocycles. The molecule has 0 bridgehead atoms. The standard InChI is InChI=1S/C12H17ClN2OS/c1-12(2,3)17-7-11(16)15-8-4-5-9(13)10(14)6-8/h4-6H,7,14H2,1-3H3,(H,15,16). The summed E-state index contributed by atoms with van der Waals surface area (Å²) in [6, 6.07) is 5.06. The number of nitrogens with one attached hydrogen (secondary N) is 1. The van der Waals surface area contributed by atoms with Gasteiger partial charge in [0.05, 0.1) is 16.5 Å². The monoisotopic (exact) mass is 272 g/mol. The van der Waals surface area contributed by atoms with Gasteiger partial charge in [-0.25, -0.2) is 0 Å². The molecule has 1 aromatic rings. The van der Waals surface area contributed by atoms with E-state index in [-0.39, 0.29) is 10.7 Å². The van der Waals surface area contributed by atoms with Crippen molar-refractivity contribution in [3.8, 4) is 0 Å². The second-order valence-corrected chi connectivity index (χ2v) is 6.89. The topological polar surface area (TPSA) is 55.1 Å². The summed E-state index contributed by atoms with van der Waals surface area (Å²) in [6.45, 7) is 6.22. The normalized spacial score (nSPS) is 11.3. The molecule has 0 saturated heterocycles. The minimum atomic E-state index is -0.0355. The SMILES string of the molecule is CC(C)(C)SCC(=O)Nc1ccc(Cl)c(N)c1. The van der Waals surface area contributed by atoms with E-state index < -0.39 is 0 Å². The molecule has 5 heteroatoms. The molecule has 0 aliphatic rings. The summed E-state index contributed by atoms with van der Waals surface area (Å²) < 4.78 is 0.0797. The van der Waals surface area contributed by atoms with Gasteiger partial charge in [0.25, 0.3) is 0 Å². The van der Waals surface area contributed by atoms with Crippen molar-refractivity contribution >= 4 is 40.6 Å². The lowest BCUT2D eigenvalue weighted by atomic mass is 10.3. The summed E-state index contributed by atoms with van der Waals surface area (Å²) in [4.78, 5) is 11.6. The number of carbonyl (C=O) groups is 1. The number of halogens is 1. The highest BCUT2D eigenvalue weighted by Gasteiger charge is 2.13. The average Bonchev–Trinajstić information content (AvgIpc) is 2.20. The third kappa shape index (κ3) is 5.33. The van der Waals surface area contributed by atoms with Gasteiger partial charge in [-0.15, -0.1) is 11.8 Å². The summed E-state index contributed by atoms with van der Waals surface area (Å²) in [7, 11) is 0. The molecule has 0 atom stereocenters. The Morgan fingerprint density at radius 3 is 2.65 bits per heavy atom. The first-order valence-electron chi connectivity index (χ1n) is 5.27. The van der Waals surface area contributed by atoms with Crippen LogP contribution in [-0.4, -0.2) is 16.4 Å². The molecule has 0 fully saturated rings. The van der Waals surface area contributed by atoms with Crippen molar-refractivity contribution in [3.05, 3.63) is 23.2 Å². The Morgan fingerprint density at radius 2 is 2.12 bits per heavy atom. The van der Waals surface area contributed by atoms with E-state index in [1.165, 1.54) is 0 Å². The molecule has 3 nitrogen and oxygen atoms in total. The quantitative estimate of drug-likeness (QED) is 0.830. The second kappa shape index (κ2) is 5.65. The van der Waals surface area contributed by atoms with Gasteiger partial charge in [0.1, 0.15) is 0 Å². The van der Waals surface area contributed by atoms with Crippen molar-refractivity contribution < 1.29 is 4.79 Å². The number of hydrogen-bond donors (Lipinski definition) is 2. The van der Waals surface area contributed by atoms with E-state index in [4.69, 9.17) is 17.3 Å². The molecule has 0 aromatic heterocycles. The second-order valence-electron chi connectivity index (χ2n) is 4.69. The molecule has 0 unspecified atom stereocenters. The van der Waals surface area contributed by atoms with Crippen LogP contribution in [0, 0.1) is 0 Å². The number of rotatable bonds is 3. The van der Waals surface area contributed by atoms with Crippen LogP contribution in [0.5, 0.6) is 0 Å². The number of nitrogens with two attached hydrogens (primary N) is 1. The lowest BCUT2D eigenvalue weighted by Gasteiger charge is -2.17. The number of hydrogen-bond acceptors (Lipinski definition) is 3. The van der Waals surface area contributed by atoms with Crippen LogP contribution in [0.2, 0.25) is 5.02 Å². The molecule has 0 radical (unpaired) electrons. The van der Waals surface area contributed by atoms with Gasteiger partial charge in [-0.1, -0.05) is 32.4 Å². The molecular weight excluding hydrogens is 256 g/mol. The van der Waals surface area contributed by atoms with Crippen molar-refractivity contribution in [2.24, 2.45) is 0 Å². The average molecular weight is 273 g/mol. The zero-order valence-electron chi connectivity index (χ0n) is 10.2. The fraction of sp³-hybridized carbons (Fsp3) is 0.417. The van der Waals surface area contributed by atoms with Crippen molar-refractivity contribution in [3.63, 3.8) is 0 Å². The summed E-state index contributed by atoms with van der Waals surface area (Å²) in [5.41, 5.74) is 6.79. The van der Waals surface area contributed by atoms with Crippen LogP contribution in [-0.2, 0) is 4.79 Å². The van der Waals surface area contributed by atoms with Gasteiger partial charge in [0.2, 0.25) is 5.91 Å². The van der Waals surface area contributed by atoms with E-state index in [2.05, 4.69) is 26.1 Å². The fourth-order valence-electron chi connectivity index (χ4n) is 1.10. The summed E-state index contributed by atoms with van der Waals surface area (Å²) in [5, 5.41) is 3.28. The summed E-state index contributed by atoms with van der Waals surface area (Å²) >= 11 is 7.40. The third-order valence-electron chi connectivity index (χ3n) is 1.92. The molecule has 0 saturated carbocycles. The zero-order valence-corrected chi connectivity index (χ0v) is 11.8. The van der Waals surface area contributed by atoms with Crippen molar-refractivity contribution in [2.75, 3.05) is 16.8 Å². The van der Waals surface area contributed by atoms with Gasteiger partial charge in [-0.05, 0) is 18.2 Å².